The third-order valence-electron chi connectivity index (χ3n) is 4.88. The van der Waals surface area contributed by atoms with Crippen LogP contribution in [0.15, 0.2) is 53.4 Å². The number of ether oxygens (including phenoxy) is 1. The number of carbonyl (C=O) groups excluding carboxylic acids is 1. The average Bonchev–Trinajstić information content (AvgIpc) is 2.73. The molecule has 10 heteroatoms. The Kier molecular flexibility index (Phi) is 6.18. The van der Waals surface area contributed by atoms with Gasteiger partial charge in [0.2, 0.25) is 0 Å². The highest BCUT2D eigenvalue weighted by atomic mass is 32.2. The minimum atomic E-state index is -4.09. The van der Waals surface area contributed by atoms with Gasteiger partial charge < -0.3 is 15.2 Å². The third-order valence-corrected chi connectivity index (χ3v) is 7.19. The van der Waals surface area contributed by atoms with Crippen molar-refractivity contribution in [2.24, 2.45) is 0 Å². The van der Waals surface area contributed by atoms with E-state index in [1.165, 1.54) is 35.8 Å². The fourth-order valence-corrected chi connectivity index (χ4v) is 5.24. The molecular formula is C19H21FN2O6S. The number of hydroxylamine groups is 1. The van der Waals surface area contributed by atoms with Crippen molar-refractivity contribution in [3.05, 3.63) is 59.9 Å². The van der Waals surface area contributed by atoms with Gasteiger partial charge in [-0.15, -0.1) is 0 Å². The highest BCUT2D eigenvalue weighted by Crippen LogP contribution is 2.30. The summed E-state index contributed by atoms with van der Waals surface area (Å²) in [5.74, 6) is -1.26. The summed E-state index contributed by atoms with van der Waals surface area (Å²) in [4.78, 5) is 11.8. The fourth-order valence-electron chi connectivity index (χ4n) is 3.27. The van der Waals surface area contributed by atoms with E-state index in [0.717, 1.165) is 0 Å². The highest BCUT2D eigenvalue weighted by Gasteiger charge is 2.52. The summed E-state index contributed by atoms with van der Waals surface area (Å²) in [5.41, 5.74) is -0.623. The molecule has 2 atom stereocenters. The molecule has 0 saturated carbocycles. The number of benzene rings is 2. The van der Waals surface area contributed by atoms with Crippen LogP contribution in [0.1, 0.15) is 12.0 Å². The molecule has 2 aromatic carbocycles. The molecule has 1 saturated heterocycles. The second-order valence-corrected chi connectivity index (χ2v) is 8.85. The van der Waals surface area contributed by atoms with Gasteiger partial charge in [0.25, 0.3) is 5.91 Å². The van der Waals surface area contributed by atoms with Gasteiger partial charge in [0.05, 0.1) is 4.90 Å². The number of aliphatic hydroxyl groups is 1. The Hall–Kier alpha value is -2.53. The predicted octanol–water partition coefficient (Wildman–Crippen LogP) is 0.777. The van der Waals surface area contributed by atoms with Gasteiger partial charge in [-0.3, -0.25) is 10.0 Å². The Morgan fingerprint density at radius 2 is 1.93 bits per heavy atom. The van der Waals surface area contributed by atoms with Gasteiger partial charge in [-0.05, 0) is 43.3 Å². The maximum atomic E-state index is 13.6. The Balaban J connectivity index is 1.79. The number of halogens is 1. The number of hydrogen-bond donors (Lipinski definition) is 4. The molecule has 4 N–H and O–H groups in total. The molecule has 0 bridgehead atoms. The zero-order valence-electron chi connectivity index (χ0n) is 15.3. The Morgan fingerprint density at radius 1 is 1.24 bits per heavy atom. The van der Waals surface area contributed by atoms with Gasteiger partial charge in [-0.1, -0.05) is 18.2 Å². The molecule has 29 heavy (non-hydrogen) atoms. The van der Waals surface area contributed by atoms with Crippen molar-refractivity contribution in [3.63, 3.8) is 0 Å². The topological polar surface area (TPSA) is 125 Å². The van der Waals surface area contributed by atoms with E-state index in [1.807, 2.05) is 0 Å². The lowest BCUT2D eigenvalue weighted by molar-refractivity contribution is -0.149. The van der Waals surface area contributed by atoms with Crippen LogP contribution < -0.4 is 15.5 Å². The predicted molar refractivity (Wildman–Crippen MR) is 101 cm³/mol. The van der Waals surface area contributed by atoms with Crippen molar-refractivity contribution in [3.8, 4) is 5.75 Å². The molecule has 1 fully saturated rings. The van der Waals surface area contributed by atoms with Gasteiger partial charge in [-0.2, -0.15) is 0 Å². The third kappa shape index (κ3) is 4.25. The molecule has 2 aromatic rings. The second-order valence-electron chi connectivity index (χ2n) is 6.72. The number of nitrogens with one attached hydrogen (secondary N) is 2. The van der Waals surface area contributed by atoms with Crippen LogP contribution in [0.3, 0.4) is 0 Å². The molecule has 156 valence electrons. The van der Waals surface area contributed by atoms with Crippen molar-refractivity contribution in [1.29, 1.82) is 0 Å². The average molecular weight is 424 g/mol. The summed E-state index contributed by atoms with van der Waals surface area (Å²) in [5, 5.41) is 20.8. The highest BCUT2D eigenvalue weighted by molar-refractivity contribution is 7.92. The van der Waals surface area contributed by atoms with Crippen LogP contribution in [0.5, 0.6) is 5.75 Å². The molecule has 0 radical (unpaired) electrons. The number of amides is 1. The van der Waals surface area contributed by atoms with E-state index in [4.69, 9.17) is 9.94 Å². The van der Waals surface area contributed by atoms with E-state index in [2.05, 4.69) is 5.32 Å². The molecule has 0 aromatic heterocycles. The maximum Gasteiger partial charge on any atom is 0.277 e. The van der Waals surface area contributed by atoms with Crippen LogP contribution in [0.4, 0.5) is 4.39 Å². The molecule has 1 heterocycles. The molecule has 1 aliphatic heterocycles. The normalized spacial score (nSPS) is 22.1. The standard InChI is InChI=1S/C19H21FN2O6S/c20-16-4-2-1-3-13(16)11-28-14-5-7-15(8-6-14)29(26,27)17-9-10-21-12-19(17,24)18(23)22-25/h1-8,17,21,24-25H,9-12H2,(H,22,23). The Labute approximate surface area is 167 Å². The largest absolute Gasteiger partial charge is 0.489 e. The first-order valence-corrected chi connectivity index (χ1v) is 10.4. The molecular weight excluding hydrogens is 403 g/mol. The zero-order valence-corrected chi connectivity index (χ0v) is 16.2. The monoisotopic (exact) mass is 424 g/mol. The summed E-state index contributed by atoms with van der Waals surface area (Å²) in [7, 11) is -4.09. The number of hydrogen-bond acceptors (Lipinski definition) is 7. The fraction of sp³-hybridized carbons (Fsp3) is 0.316. The number of piperidine rings is 1. The molecule has 8 nitrogen and oxygen atoms in total. The first-order valence-electron chi connectivity index (χ1n) is 8.87. The number of β-amino-alcohol motifs (C(OH)–C–C–N with tert-alkyl or cyclic N) is 1. The summed E-state index contributed by atoms with van der Waals surface area (Å²) in [6.45, 7) is -0.0502. The van der Waals surface area contributed by atoms with E-state index < -0.39 is 32.4 Å². The van der Waals surface area contributed by atoms with Crippen molar-refractivity contribution in [2.75, 3.05) is 13.1 Å². The maximum absolute atomic E-state index is 13.6. The van der Waals surface area contributed by atoms with Crippen LogP contribution in [0, 0.1) is 5.82 Å². The first kappa shape index (κ1) is 21.2. The minimum Gasteiger partial charge on any atom is -0.489 e. The van der Waals surface area contributed by atoms with Crippen LogP contribution in [-0.2, 0) is 21.2 Å². The van der Waals surface area contributed by atoms with Gasteiger partial charge in [0, 0.05) is 12.1 Å². The lowest BCUT2D eigenvalue weighted by Crippen LogP contribution is -2.65. The van der Waals surface area contributed by atoms with Crippen LogP contribution in [0.2, 0.25) is 0 Å². The number of rotatable bonds is 6. The van der Waals surface area contributed by atoms with Crippen LogP contribution in [-0.4, -0.2) is 48.6 Å². The van der Waals surface area contributed by atoms with Crippen LogP contribution >= 0.6 is 0 Å². The molecule has 0 spiro atoms. The van der Waals surface area contributed by atoms with Crippen molar-refractivity contribution < 1.29 is 32.7 Å². The first-order chi connectivity index (χ1) is 13.8. The number of carbonyl (C=O) groups is 1. The second kappa shape index (κ2) is 8.46. The summed E-state index contributed by atoms with van der Waals surface area (Å²) in [6.07, 6.45) is -0.0161. The zero-order chi connectivity index (χ0) is 21.1. The molecule has 2 unspecified atom stereocenters. The molecule has 0 aliphatic carbocycles. The quantitative estimate of drug-likeness (QED) is 0.399. The van der Waals surface area contributed by atoms with E-state index in [-0.39, 0.29) is 31.0 Å². The van der Waals surface area contributed by atoms with Crippen molar-refractivity contribution in [2.45, 2.75) is 28.8 Å². The van der Waals surface area contributed by atoms with E-state index in [1.54, 1.807) is 18.2 Å². The van der Waals surface area contributed by atoms with Crippen molar-refractivity contribution in [1.82, 2.24) is 10.8 Å². The SMILES string of the molecule is O=C(NO)C1(O)CNCCC1S(=O)(=O)c1ccc(OCc2ccccc2F)cc1. The van der Waals surface area contributed by atoms with Gasteiger partial charge in [0.1, 0.15) is 23.4 Å². The number of sulfone groups is 1. The minimum absolute atomic E-state index is 0.0161. The van der Waals surface area contributed by atoms with Crippen LogP contribution in [0.25, 0.3) is 0 Å². The summed E-state index contributed by atoms with van der Waals surface area (Å²) < 4.78 is 45.2. The van der Waals surface area contributed by atoms with Gasteiger partial charge >= 0.3 is 0 Å². The Bertz CT molecular complexity index is 982. The van der Waals surface area contributed by atoms with Crippen molar-refractivity contribution >= 4 is 15.7 Å². The van der Waals surface area contributed by atoms with E-state index in [9.17, 15) is 22.7 Å². The molecule has 1 amide bonds. The lowest BCUT2D eigenvalue weighted by Gasteiger charge is -2.37. The Morgan fingerprint density at radius 3 is 2.59 bits per heavy atom. The smallest absolute Gasteiger partial charge is 0.277 e. The lowest BCUT2D eigenvalue weighted by atomic mass is 9.93. The molecule has 1 aliphatic rings. The summed E-state index contributed by atoms with van der Waals surface area (Å²) >= 11 is 0. The molecule has 3 rings (SSSR count). The van der Waals surface area contributed by atoms with Gasteiger partial charge in [0.15, 0.2) is 15.4 Å². The van der Waals surface area contributed by atoms with E-state index >= 15 is 0 Å². The van der Waals surface area contributed by atoms with E-state index in [0.29, 0.717) is 11.3 Å². The van der Waals surface area contributed by atoms with Gasteiger partial charge in [-0.25, -0.2) is 18.3 Å². The summed E-state index contributed by atoms with van der Waals surface area (Å²) in [6, 6.07) is 11.6.